The highest BCUT2D eigenvalue weighted by molar-refractivity contribution is 5.71. The van der Waals surface area contributed by atoms with Gasteiger partial charge in [-0.25, -0.2) is 9.18 Å². The van der Waals surface area contributed by atoms with E-state index in [-0.39, 0.29) is 17.8 Å². The van der Waals surface area contributed by atoms with Gasteiger partial charge in [-0.3, -0.25) is 4.68 Å². The smallest absolute Gasteiger partial charge is 0.390 e. The first-order chi connectivity index (χ1) is 18.6. The quantitative estimate of drug-likeness (QED) is 0.388. The number of hydrogen-bond donors (Lipinski definition) is 2. The second-order valence-corrected chi connectivity index (χ2v) is 11.2. The van der Waals surface area contributed by atoms with Crippen LogP contribution in [0.4, 0.5) is 9.18 Å². The van der Waals surface area contributed by atoms with E-state index >= 15 is 0 Å². The molecule has 0 aliphatic heterocycles. The van der Waals surface area contributed by atoms with Crippen molar-refractivity contribution in [1.29, 1.82) is 0 Å². The highest BCUT2D eigenvalue weighted by atomic mass is 19.1. The van der Waals surface area contributed by atoms with Crippen molar-refractivity contribution in [3.63, 3.8) is 0 Å². The SMILES string of the molecule is O=C(N[C@@H]1c2ccccc2C[C@@H]1O)Oc1nn(C2CCCCC2)c2c1CCCC[C@@H]2Cc1cccc(F)c1. The van der Waals surface area contributed by atoms with Crippen LogP contribution in [0.25, 0.3) is 0 Å². The molecule has 6 rings (SSSR count). The van der Waals surface area contributed by atoms with Crippen LogP contribution in [0.5, 0.6) is 5.88 Å². The van der Waals surface area contributed by atoms with Gasteiger partial charge >= 0.3 is 6.09 Å². The van der Waals surface area contributed by atoms with Gasteiger partial charge < -0.3 is 15.2 Å². The lowest BCUT2D eigenvalue weighted by atomic mass is 9.90. The lowest BCUT2D eigenvalue weighted by Gasteiger charge is -2.27. The maximum Gasteiger partial charge on any atom is 0.414 e. The van der Waals surface area contributed by atoms with Gasteiger partial charge in [0.05, 0.1) is 18.2 Å². The summed E-state index contributed by atoms with van der Waals surface area (Å²) in [4.78, 5) is 13.2. The monoisotopic (exact) mass is 517 g/mol. The molecule has 2 aromatic carbocycles. The van der Waals surface area contributed by atoms with E-state index in [0.29, 0.717) is 12.3 Å². The Kier molecular flexibility index (Phi) is 7.20. The number of hydrogen-bond acceptors (Lipinski definition) is 4. The summed E-state index contributed by atoms with van der Waals surface area (Å²) in [7, 11) is 0. The van der Waals surface area contributed by atoms with Gasteiger partial charge in [-0.1, -0.05) is 62.1 Å². The van der Waals surface area contributed by atoms with Gasteiger partial charge in [0.25, 0.3) is 0 Å². The molecule has 3 atom stereocenters. The number of fused-ring (bicyclic) bond motifs is 2. The molecule has 200 valence electrons. The fourth-order valence-corrected chi connectivity index (χ4v) is 6.78. The molecule has 38 heavy (non-hydrogen) atoms. The Morgan fingerprint density at radius 2 is 1.87 bits per heavy atom. The third-order valence-corrected chi connectivity index (χ3v) is 8.59. The zero-order chi connectivity index (χ0) is 26.1. The van der Waals surface area contributed by atoms with E-state index in [4.69, 9.17) is 9.84 Å². The summed E-state index contributed by atoms with van der Waals surface area (Å²) >= 11 is 0. The van der Waals surface area contributed by atoms with E-state index in [9.17, 15) is 14.3 Å². The molecule has 0 spiro atoms. The Bertz CT molecular complexity index is 1300. The number of aromatic nitrogens is 2. The van der Waals surface area contributed by atoms with Crippen molar-refractivity contribution in [2.45, 2.75) is 94.7 Å². The minimum atomic E-state index is -0.687. The largest absolute Gasteiger partial charge is 0.414 e. The summed E-state index contributed by atoms with van der Waals surface area (Å²) in [6.07, 6.45) is 9.55. The van der Waals surface area contributed by atoms with Gasteiger partial charge in [-0.05, 0) is 67.3 Å². The van der Waals surface area contributed by atoms with Crippen molar-refractivity contribution < 1.29 is 19.0 Å². The lowest BCUT2D eigenvalue weighted by Crippen LogP contribution is -2.36. The average Bonchev–Trinajstić information content (AvgIpc) is 3.34. The van der Waals surface area contributed by atoms with Crippen molar-refractivity contribution in [2.75, 3.05) is 0 Å². The molecule has 7 heteroatoms. The number of carbonyl (C=O) groups excluding carboxylic acids is 1. The first-order valence-corrected chi connectivity index (χ1v) is 14.2. The van der Waals surface area contributed by atoms with Gasteiger partial charge in [0.15, 0.2) is 0 Å². The number of halogens is 1. The Morgan fingerprint density at radius 3 is 2.71 bits per heavy atom. The first kappa shape index (κ1) is 25.1. The van der Waals surface area contributed by atoms with Gasteiger partial charge in [-0.2, -0.15) is 0 Å². The third-order valence-electron chi connectivity index (χ3n) is 8.59. The number of ether oxygens (including phenoxy) is 1. The van der Waals surface area contributed by atoms with E-state index in [1.165, 1.54) is 25.3 Å². The third kappa shape index (κ3) is 5.08. The Labute approximate surface area is 223 Å². The van der Waals surface area contributed by atoms with Gasteiger partial charge in [0.1, 0.15) is 5.82 Å². The van der Waals surface area contributed by atoms with Crippen LogP contribution in [-0.2, 0) is 19.3 Å². The van der Waals surface area contributed by atoms with Crippen LogP contribution in [-0.4, -0.2) is 27.1 Å². The van der Waals surface area contributed by atoms with Crippen molar-refractivity contribution in [3.8, 4) is 5.88 Å². The van der Waals surface area contributed by atoms with Crippen molar-refractivity contribution in [1.82, 2.24) is 15.1 Å². The molecular weight excluding hydrogens is 481 g/mol. The highest BCUT2D eigenvalue weighted by Gasteiger charge is 2.35. The summed E-state index contributed by atoms with van der Waals surface area (Å²) in [5, 5.41) is 18.4. The molecule has 1 heterocycles. The molecule has 1 fully saturated rings. The fraction of sp³-hybridized carbons (Fsp3) is 0.484. The van der Waals surface area contributed by atoms with E-state index in [0.717, 1.165) is 72.9 Å². The molecule has 1 aromatic heterocycles. The van der Waals surface area contributed by atoms with Crippen LogP contribution in [0.15, 0.2) is 48.5 Å². The van der Waals surface area contributed by atoms with Crippen LogP contribution >= 0.6 is 0 Å². The summed E-state index contributed by atoms with van der Waals surface area (Å²) in [5.41, 5.74) is 5.12. The van der Waals surface area contributed by atoms with Crippen molar-refractivity contribution >= 4 is 6.09 Å². The molecule has 0 saturated heterocycles. The number of benzene rings is 2. The van der Waals surface area contributed by atoms with Gasteiger partial charge in [-0.15, -0.1) is 5.10 Å². The molecule has 3 aliphatic carbocycles. The second-order valence-electron chi connectivity index (χ2n) is 11.2. The fourth-order valence-electron chi connectivity index (χ4n) is 6.78. The van der Waals surface area contributed by atoms with E-state index in [2.05, 4.69) is 10.00 Å². The minimum absolute atomic E-state index is 0.188. The maximum atomic E-state index is 14.0. The minimum Gasteiger partial charge on any atom is -0.390 e. The molecular formula is C31H36FN3O3. The number of aliphatic hydroxyl groups excluding tert-OH is 1. The molecule has 0 bridgehead atoms. The zero-order valence-electron chi connectivity index (χ0n) is 21.7. The van der Waals surface area contributed by atoms with Crippen molar-refractivity contribution in [2.24, 2.45) is 0 Å². The van der Waals surface area contributed by atoms with Crippen LogP contribution in [0, 0.1) is 5.82 Å². The molecule has 1 saturated carbocycles. The zero-order valence-corrected chi connectivity index (χ0v) is 21.7. The summed E-state index contributed by atoms with van der Waals surface area (Å²) in [6.45, 7) is 0. The van der Waals surface area contributed by atoms with Crippen LogP contribution in [0.1, 0.15) is 97.3 Å². The van der Waals surface area contributed by atoms with Crippen LogP contribution < -0.4 is 10.1 Å². The molecule has 6 nitrogen and oxygen atoms in total. The van der Waals surface area contributed by atoms with Crippen LogP contribution in [0.2, 0.25) is 0 Å². The Balaban J connectivity index is 1.30. The van der Waals surface area contributed by atoms with E-state index in [1.54, 1.807) is 12.1 Å². The molecule has 3 aliphatic rings. The molecule has 3 aromatic rings. The second kappa shape index (κ2) is 10.9. The number of carbonyl (C=O) groups is 1. The predicted octanol–water partition coefficient (Wildman–Crippen LogP) is 6.33. The number of nitrogens with one attached hydrogen (secondary N) is 1. The first-order valence-electron chi connectivity index (χ1n) is 14.2. The summed E-state index contributed by atoms with van der Waals surface area (Å²) in [5.74, 6) is 0.358. The Morgan fingerprint density at radius 1 is 1.05 bits per heavy atom. The number of nitrogens with zero attached hydrogens (tertiary/aromatic N) is 2. The van der Waals surface area contributed by atoms with E-state index in [1.807, 2.05) is 30.3 Å². The highest BCUT2D eigenvalue weighted by Crippen LogP contribution is 2.41. The van der Waals surface area contributed by atoms with Crippen LogP contribution in [0.3, 0.4) is 0 Å². The summed E-state index contributed by atoms with van der Waals surface area (Å²) < 4.78 is 22.1. The summed E-state index contributed by atoms with van der Waals surface area (Å²) in [6, 6.07) is 14.4. The maximum absolute atomic E-state index is 14.0. The standard InChI is InChI=1S/C31H36FN3O3/c32-23-12-8-9-20(18-23)17-22-11-5-7-16-26-29(22)35(24-13-2-1-3-14-24)34-30(26)38-31(37)33-28-25-15-6-4-10-21(25)19-27(28)36/h4,6,8-10,12,15,18,22,24,27-28,36H,1-3,5,7,11,13-14,16-17,19H2,(H,33,37)/t22-,27+,28-/m1/s1. The number of aliphatic hydroxyl groups is 1. The van der Waals surface area contributed by atoms with Gasteiger partial charge in [0, 0.05) is 23.6 Å². The molecule has 0 unspecified atom stereocenters. The molecule has 2 N–H and O–H groups in total. The molecule has 1 amide bonds. The topological polar surface area (TPSA) is 76.4 Å². The number of amides is 1. The average molecular weight is 518 g/mol. The Hall–Kier alpha value is -3.19. The normalized spacial score (nSPS) is 23.4. The molecule has 0 radical (unpaired) electrons. The van der Waals surface area contributed by atoms with Crippen molar-refractivity contribution in [3.05, 3.63) is 82.3 Å². The van der Waals surface area contributed by atoms with Gasteiger partial charge in [0.2, 0.25) is 5.88 Å². The van der Waals surface area contributed by atoms with E-state index < -0.39 is 18.2 Å². The lowest BCUT2D eigenvalue weighted by molar-refractivity contribution is 0.132. The number of rotatable bonds is 5. The predicted molar refractivity (Wildman–Crippen MR) is 143 cm³/mol.